The maximum atomic E-state index is 13.2. The molecule has 9 heteroatoms. The lowest BCUT2D eigenvalue weighted by molar-refractivity contribution is 0.0560. The number of nitriles is 1. The van der Waals surface area contributed by atoms with Crippen molar-refractivity contribution in [3.63, 3.8) is 0 Å². The molecular weight excluding hydrogens is 411 g/mol. The van der Waals surface area contributed by atoms with Crippen LogP contribution in [0.4, 0.5) is 15.9 Å². The van der Waals surface area contributed by atoms with Crippen molar-refractivity contribution >= 4 is 17.4 Å². The van der Waals surface area contributed by atoms with Gasteiger partial charge in [-0.05, 0) is 69.0 Å². The Morgan fingerprint density at radius 3 is 2.72 bits per heavy atom. The highest BCUT2D eigenvalue weighted by Crippen LogP contribution is 2.30. The van der Waals surface area contributed by atoms with E-state index in [1.807, 2.05) is 0 Å². The molecule has 3 N–H and O–H groups in total. The first-order valence-electron chi connectivity index (χ1n) is 11.1. The molecule has 1 amide bonds. The van der Waals surface area contributed by atoms with Crippen LogP contribution in [0.2, 0.25) is 0 Å². The number of halogens is 1. The van der Waals surface area contributed by atoms with Gasteiger partial charge in [0.25, 0.3) is 5.91 Å². The van der Waals surface area contributed by atoms with Crippen molar-refractivity contribution in [1.29, 1.82) is 5.26 Å². The Labute approximate surface area is 187 Å². The van der Waals surface area contributed by atoms with Crippen LogP contribution in [0.5, 0.6) is 0 Å². The molecule has 0 aliphatic carbocycles. The second-order valence-corrected chi connectivity index (χ2v) is 8.60. The number of amides is 1. The first-order chi connectivity index (χ1) is 15.5. The van der Waals surface area contributed by atoms with Gasteiger partial charge in [0.2, 0.25) is 0 Å². The van der Waals surface area contributed by atoms with Crippen LogP contribution in [0, 0.1) is 29.0 Å². The Balaban J connectivity index is 1.49. The number of anilines is 2. The van der Waals surface area contributed by atoms with Crippen LogP contribution in [-0.2, 0) is 4.74 Å². The zero-order chi connectivity index (χ0) is 22.5. The number of aromatic nitrogens is 2. The molecule has 2 aliphatic heterocycles. The smallest absolute Gasteiger partial charge is 0.254 e. The molecule has 0 bridgehead atoms. The first kappa shape index (κ1) is 22.2. The highest BCUT2D eigenvalue weighted by atomic mass is 19.1. The number of nitrogens with two attached hydrogens (primary N) is 1. The molecule has 2 unspecified atom stereocenters. The van der Waals surface area contributed by atoms with Crippen molar-refractivity contribution in [3.8, 4) is 6.07 Å². The van der Waals surface area contributed by atoms with Gasteiger partial charge in [0.05, 0.1) is 18.0 Å². The lowest BCUT2D eigenvalue weighted by atomic mass is 9.91. The van der Waals surface area contributed by atoms with Crippen LogP contribution in [0.15, 0.2) is 30.5 Å². The van der Waals surface area contributed by atoms with E-state index in [1.165, 1.54) is 12.1 Å². The number of ether oxygens (including phenoxy) is 1. The summed E-state index contributed by atoms with van der Waals surface area (Å²) < 4.78 is 20.4. The largest absolute Gasteiger partial charge is 0.381 e. The molecule has 170 valence electrons. The van der Waals surface area contributed by atoms with E-state index in [1.54, 1.807) is 23.0 Å². The minimum atomic E-state index is -0.610. The van der Waals surface area contributed by atoms with Crippen molar-refractivity contribution in [2.45, 2.75) is 31.7 Å². The van der Waals surface area contributed by atoms with Crippen molar-refractivity contribution in [2.75, 3.05) is 38.2 Å². The van der Waals surface area contributed by atoms with Crippen LogP contribution in [-0.4, -0.2) is 53.4 Å². The third-order valence-electron chi connectivity index (χ3n) is 6.47. The van der Waals surface area contributed by atoms with Gasteiger partial charge in [-0.15, -0.1) is 0 Å². The third-order valence-corrected chi connectivity index (χ3v) is 6.47. The summed E-state index contributed by atoms with van der Waals surface area (Å²) in [4.78, 5) is 14.4. The van der Waals surface area contributed by atoms with E-state index in [0.717, 1.165) is 52.0 Å². The summed E-state index contributed by atoms with van der Waals surface area (Å²) in [5.74, 6) is -0.167. The van der Waals surface area contributed by atoms with E-state index >= 15 is 0 Å². The van der Waals surface area contributed by atoms with E-state index in [4.69, 9.17) is 10.5 Å². The fourth-order valence-corrected chi connectivity index (χ4v) is 4.52. The maximum Gasteiger partial charge on any atom is 0.254 e. The summed E-state index contributed by atoms with van der Waals surface area (Å²) in [5.41, 5.74) is 6.42. The van der Waals surface area contributed by atoms with Crippen LogP contribution in [0.3, 0.4) is 0 Å². The molecule has 32 heavy (non-hydrogen) atoms. The second kappa shape index (κ2) is 10.1. The fraction of sp³-hybridized carbons (Fsp3) is 0.522. The van der Waals surface area contributed by atoms with Crippen molar-refractivity contribution in [2.24, 2.45) is 17.6 Å². The summed E-state index contributed by atoms with van der Waals surface area (Å²) in [6.07, 6.45) is 5.71. The maximum absolute atomic E-state index is 13.2. The Bertz CT molecular complexity index is 964. The van der Waals surface area contributed by atoms with Gasteiger partial charge in [-0.2, -0.15) is 10.4 Å². The molecule has 1 aromatic carbocycles. The summed E-state index contributed by atoms with van der Waals surface area (Å²) in [5, 5.41) is 17.3. The van der Waals surface area contributed by atoms with Gasteiger partial charge in [-0.25, -0.2) is 4.39 Å². The van der Waals surface area contributed by atoms with Gasteiger partial charge in [0, 0.05) is 31.6 Å². The monoisotopic (exact) mass is 440 g/mol. The molecule has 8 nitrogen and oxygen atoms in total. The lowest BCUT2D eigenvalue weighted by Gasteiger charge is -2.36. The Hall–Kier alpha value is -2.96. The molecule has 2 fully saturated rings. The number of primary amides is 1. The number of benzene rings is 1. The molecule has 2 atom stereocenters. The van der Waals surface area contributed by atoms with Gasteiger partial charge >= 0.3 is 0 Å². The summed E-state index contributed by atoms with van der Waals surface area (Å²) in [7, 11) is 0. The Morgan fingerprint density at radius 1 is 1.28 bits per heavy atom. The minimum Gasteiger partial charge on any atom is -0.381 e. The van der Waals surface area contributed by atoms with Crippen LogP contribution in [0.25, 0.3) is 0 Å². The number of nitrogens with one attached hydrogen (secondary N) is 1. The predicted molar refractivity (Wildman–Crippen MR) is 118 cm³/mol. The van der Waals surface area contributed by atoms with Gasteiger partial charge in [-0.3, -0.25) is 9.48 Å². The second-order valence-electron chi connectivity index (χ2n) is 8.60. The van der Waals surface area contributed by atoms with Crippen molar-refractivity contribution in [3.05, 3.63) is 41.8 Å². The zero-order valence-corrected chi connectivity index (χ0v) is 18.0. The number of carbonyl (C=O) groups excluding carboxylic acids is 1. The molecule has 0 saturated carbocycles. The molecule has 0 radical (unpaired) electrons. The summed E-state index contributed by atoms with van der Waals surface area (Å²) >= 11 is 0. The Morgan fingerprint density at radius 2 is 2.03 bits per heavy atom. The van der Waals surface area contributed by atoms with Gasteiger partial charge in [0.1, 0.15) is 11.4 Å². The predicted octanol–water partition coefficient (Wildman–Crippen LogP) is 3.07. The molecule has 2 saturated heterocycles. The SMILES string of the molecule is N#CC1CCN(CCC2CCOCC2)CC1n1cc(C(N)=O)c(Nc2ccc(F)cc2)n1. The van der Waals surface area contributed by atoms with Crippen LogP contribution >= 0.6 is 0 Å². The standard InChI is InChI=1S/C23H29FN6O2/c24-18-1-3-19(4-2-18)27-23-20(22(26)31)14-30(28-23)21-15-29(10-6-17(21)13-25)9-5-16-7-11-32-12-8-16/h1-4,14,16-17,21H,5-12,15H2,(H2,26,31)(H,27,28). The number of hydrogen-bond donors (Lipinski definition) is 2. The van der Waals surface area contributed by atoms with Gasteiger partial charge in [0.15, 0.2) is 5.82 Å². The minimum absolute atomic E-state index is 0.176. The molecule has 0 spiro atoms. The van der Waals surface area contributed by atoms with E-state index < -0.39 is 5.91 Å². The van der Waals surface area contributed by atoms with E-state index in [-0.39, 0.29) is 23.3 Å². The number of carbonyl (C=O) groups is 1. The third kappa shape index (κ3) is 5.26. The van der Waals surface area contributed by atoms with Gasteiger partial charge < -0.3 is 20.7 Å². The van der Waals surface area contributed by atoms with E-state index in [0.29, 0.717) is 24.0 Å². The van der Waals surface area contributed by atoms with Gasteiger partial charge in [-0.1, -0.05) is 0 Å². The molecule has 2 aliphatic rings. The highest BCUT2D eigenvalue weighted by Gasteiger charge is 2.32. The van der Waals surface area contributed by atoms with Crippen LogP contribution in [0.1, 0.15) is 42.1 Å². The highest BCUT2D eigenvalue weighted by molar-refractivity contribution is 5.98. The van der Waals surface area contributed by atoms with E-state index in [9.17, 15) is 14.4 Å². The van der Waals surface area contributed by atoms with E-state index in [2.05, 4.69) is 21.4 Å². The Kier molecular flexibility index (Phi) is 7.02. The van der Waals surface area contributed by atoms with Crippen molar-refractivity contribution in [1.82, 2.24) is 14.7 Å². The number of likely N-dealkylation sites (tertiary alicyclic amines) is 1. The molecule has 3 heterocycles. The number of piperidine rings is 1. The molecule has 1 aromatic heterocycles. The molecule has 4 rings (SSSR count). The van der Waals surface area contributed by atoms with Crippen LogP contribution < -0.4 is 11.1 Å². The first-order valence-corrected chi connectivity index (χ1v) is 11.1. The fourth-order valence-electron chi connectivity index (χ4n) is 4.52. The zero-order valence-electron chi connectivity index (χ0n) is 18.0. The quantitative estimate of drug-likeness (QED) is 0.685. The number of hydrogen-bond acceptors (Lipinski definition) is 6. The molecule has 2 aromatic rings. The molecular formula is C23H29FN6O2. The summed E-state index contributed by atoms with van der Waals surface area (Å²) in [6.45, 7) is 4.23. The average molecular weight is 441 g/mol. The lowest BCUT2D eigenvalue weighted by Crippen LogP contribution is -2.42. The average Bonchev–Trinajstić information content (AvgIpc) is 3.23. The normalized spacial score (nSPS) is 22.4. The topological polar surface area (TPSA) is 109 Å². The number of rotatable bonds is 7. The number of nitrogens with zero attached hydrogens (tertiary/aromatic N) is 4. The summed E-state index contributed by atoms with van der Waals surface area (Å²) in [6, 6.07) is 8.02. The van der Waals surface area contributed by atoms with Crippen molar-refractivity contribution < 1.29 is 13.9 Å².